The molecule has 0 aliphatic rings. The van der Waals surface area contributed by atoms with E-state index in [2.05, 4.69) is 18.6 Å². The van der Waals surface area contributed by atoms with Gasteiger partial charge in [-0.15, -0.1) is 0 Å². The minimum absolute atomic E-state index is 0.146. The summed E-state index contributed by atoms with van der Waals surface area (Å²) in [5.74, 6) is 0.368. The summed E-state index contributed by atoms with van der Waals surface area (Å²) in [6.07, 6.45) is 1.92. The maximum Gasteiger partial charge on any atom is 0.242 e. The zero-order chi connectivity index (χ0) is 12.9. The van der Waals surface area contributed by atoms with Gasteiger partial charge in [0.1, 0.15) is 4.90 Å². The largest absolute Gasteiger partial charge is 0.242 e. The first-order valence-corrected chi connectivity index (χ1v) is 7.61. The van der Waals surface area contributed by atoms with Crippen LogP contribution in [0.2, 0.25) is 5.02 Å². The molecular weight excluding hydrogens is 258 g/mol. The molecule has 0 aliphatic carbocycles. The molecule has 17 heavy (non-hydrogen) atoms. The highest BCUT2D eigenvalue weighted by Crippen LogP contribution is 2.20. The van der Waals surface area contributed by atoms with Crippen molar-refractivity contribution in [2.45, 2.75) is 31.6 Å². The van der Waals surface area contributed by atoms with Crippen LogP contribution in [0.25, 0.3) is 0 Å². The van der Waals surface area contributed by atoms with E-state index in [1.807, 2.05) is 0 Å². The van der Waals surface area contributed by atoms with Crippen molar-refractivity contribution in [3.05, 3.63) is 29.3 Å². The quantitative estimate of drug-likeness (QED) is 0.867. The Morgan fingerprint density at radius 3 is 2.35 bits per heavy atom. The van der Waals surface area contributed by atoms with Gasteiger partial charge in [0.05, 0.1) is 5.02 Å². The fourth-order valence-corrected chi connectivity index (χ4v) is 3.18. The molecule has 1 aromatic rings. The molecule has 0 atom stereocenters. The van der Waals surface area contributed by atoms with Crippen molar-refractivity contribution in [2.75, 3.05) is 6.54 Å². The first-order chi connectivity index (χ1) is 8.01. The highest BCUT2D eigenvalue weighted by molar-refractivity contribution is 7.89. The number of rotatable bonds is 6. The second-order valence-electron chi connectivity index (χ2n) is 3.96. The Labute approximate surface area is 108 Å². The van der Waals surface area contributed by atoms with Crippen molar-refractivity contribution < 1.29 is 8.42 Å². The summed E-state index contributed by atoms with van der Waals surface area (Å²) in [4.78, 5) is 0.146. The number of benzene rings is 1. The lowest BCUT2D eigenvalue weighted by Crippen LogP contribution is -2.29. The van der Waals surface area contributed by atoms with Gasteiger partial charge >= 0.3 is 0 Å². The SMILES string of the molecule is CCC(CC)CNS(=O)(=O)c1ccccc1Cl. The maximum atomic E-state index is 12.0. The third-order valence-electron chi connectivity index (χ3n) is 2.84. The van der Waals surface area contributed by atoms with Crippen LogP contribution in [0.15, 0.2) is 29.2 Å². The molecule has 0 bridgehead atoms. The first-order valence-electron chi connectivity index (χ1n) is 5.75. The molecule has 3 nitrogen and oxygen atoms in total. The van der Waals surface area contributed by atoms with Crippen LogP contribution in [0.1, 0.15) is 26.7 Å². The molecule has 0 aliphatic heterocycles. The summed E-state index contributed by atoms with van der Waals surface area (Å²) in [5, 5.41) is 0.254. The molecule has 0 saturated carbocycles. The van der Waals surface area contributed by atoms with Gasteiger partial charge < -0.3 is 0 Å². The van der Waals surface area contributed by atoms with E-state index in [-0.39, 0.29) is 9.92 Å². The van der Waals surface area contributed by atoms with Gasteiger partial charge in [-0.25, -0.2) is 13.1 Å². The van der Waals surface area contributed by atoms with Crippen LogP contribution < -0.4 is 4.72 Å². The summed E-state index contributed by atoms with van der Waals surface area (Å²) in [5.41, 5.74) is 0. The van der Waals surface area contributed by atoms with Crippen LogP contribution in [0.5, 0.6) is 0 Å². The summed E-state index contributed by atoms with van der Waals surface area (Å²) < 4.78 is 26.6. The molecule has 0 spiro atoms. The summed E-state index contributed by atoms with van der Waals surface area (Å²) in [7, 11) is -3.49. The summed E-state index contributed by atoms with van der Waals surface area (Å²) >= 11 is 5.87. The fraction of sp³-hybridized carbons (Fsp3) is 0.500. The molecule has 96 valence electrons. The van der Waals surface area contributed by atoms with Crippen LogP contribution in [0.3, 0.4) is 0 Å². The van der Waals surface area contributed by atoms with Crippen LogP contribution in [-0.4, -0.2) is 15.0 Å². The lowest BCUT2D eigenvalue weighted by Gasteiger charge is -2.14. The van der Waals surface area contributed by atoms with Gasteiger partial charge in [0.15, 0.2) is 0 Å². The van der Waals surface area contributed by atoms with Gasteiger partial charge in [0.25, 0.3) is 0 Å². The Morgan fingerprint density at radius 1 is 1.24 bits per heavy atom. The van der Waals surface area contributed by atoms with Gasteiger partial charge in [-0.2, -0.15) is 0 Å². The highest BCUT2D eigenvalue weighted by Gasteiger charge is 2.18. The topological polar surface area (TPSA) is 46.2 Å². The van der Waals surface area contributed by atoms with Gasteiger partial charge in [-0.05, 0) is 18.1 Å². The van der Waals surface area contributed by atoms with Crippen molar-refractivity contribution in [3.63, 3.8) is 0 Å². The van der Waals surface area contributed by atoms with E-state index in [0.29, 0.717) is 12.5 Å². The lowest BCUT2D eigenvalue weighted by atomic mass is 10.0. The number of halogens is 1. The van der Waals surface area contributed by atoms with Crippen LogP contribution in [0, 0.1) is 5.92 Å². The van der Waals surface area contributed by atoms with E-state index < -0.39 is 10.0 Å². The molecule has 1 N–H and O–H groups in total. The van der Waals surface area contributed by atoms with Crippen molar-refractivity contribution in [1.82, 2.24) is 4.72 Å². The molecule has 0 heterocycles. The molecule has 0 unspecified atom stereocenters. The molecule has 5 heteroatoms. The van der Waals surface area contributed by atoms with E-state index in [0.717, 1.165) is 12.8 Å². The highest BCUT2D eigenvalue weighted by atomic mass is 35.5. The summed E-state index contributed by atoms with van der Waals surface area (Å²) in [6.45, 7) is 4.57. The maximum absolute atomic E-state index is 12.0. The third-order valence-corrected chi connectivity index (χ3v) is 4.77. The normalized spacial score (nSPS) is 12.0. The third kappa shape index (κ3) is 3.98. The van der Waals surface area contributed by atoms with E-state index >= 15 is 0 Å². The summed E-state index contributed by atoms with van der Waals surface area (Å²) in [6, 6.07) is 6.46. The zero-order valence-corrected chi connectivity index (χ0v) is 11.7. The lowest BCUT2D eigenvalue weighted by molar-refractivity contribution is 0.479. The zero-order valence-electron chi connectivity index (χ0n) is 10.1. The molecule has 1 aromatic carbocycles. The molecule has 0 fully saturated rings. The van der Waals surface area contributed by atoms with Gasteiger partial charge in [0.2, 0.25) is 10.0 Å². The first kappa shape index (κ1) is 14.5. The van der Waals surface area contributed by atoms with E-state index in [1.165, 1.54) is 6.07 Å². The van der Waals surface area contributed by atoms with E-state index in [4.69, 9.17) is 11.6 Å². The van der Waals surface area contributed by atoms with Crippen LogP contribution in [-0.2, 0) is 10.0 Å². The number of sulfonamides is 1. The molecule has 0 radical (unpaired) electrons. The number of hydrogen-bond donors (Lipinski definition) is 1. The Morgan fingerprint density at radius 2 is 1.82 bits per heavy atom. The Bertz CT molecular complexity index is 455. The van der Waals surface area contributed by atoms with Gasteiger partial charge in [-0.3, -0.25) is 0 Å². The monoisotopic (exact) mass is 275 g/mol. The van der Waals surface area contributed by atoms with Gasteiger partial charge in [-0.1, -0.05) is 50.4 Å². The molecular formula is C12H18ClNO2S. The molecule has 1 rings (SSSR count). The van der Waals surface area contributed by atoms with Crippen molar-refractivity contribution >= 4 is 21.6 Å². The minimum atomic E-state index is -3.49. The second kappa shape index (κ2) is 6.38. The predicted molar refractivity (Wildman–Crippen MR) is 70.7 cm³/mol. The smallest absolute Gasteiger partial charge is 0.211 e. The Hall–Kier alpha value is -0.580. The second-order valence-corrected chi connectivity index (χ2v) is 6.11. The minimum Gasteiger partial charge on any atom is -0.211 e. The Kier molecular flexibility index (Phi) is 5.43. The fourth-order valence-electron chi connectivity index (χ4n) is 1.55. The molecule has 0 saturated heterocycles. The van der Waals surface area contributed by atoms with Crippen LogP contribution >= 0.6 is 11.6 Å². The molecule has 0 amide bonds. The van der Waals surface area contributed by atoms with Crippen molar-refractivity contribution in [3.8, 4) is 0 Å². The van der Waals surface area contributed by atoms with E-state index in [1.54, 1.807) is 18.2 Å². The Balaban J connectivity index is 2.80. The van der Waals surface area contributed by atoms with E-state index in [9.17, 15) is 8.42 Å². The standard InChI is InChI=1S/C12H18ClNO2S/c1-3-10(4-2)9-14-17(15,16)12-8-6-5-7-11(12)13/h5-8,10,14H,3-4,9H2,1-2H3. The van der Waals surface area contributed by atoms with Crippen molar-refractivity contribution in [2.24, 2.45) is 5.92 Å². The number of nitrogens with one attached hydrogen (secondary N) is 1. The average Bonchev–Trinajstić information content (AvgIpc) is 2.30. The van der Waals surface area contributed by atoms with Crippen molar-refractivity contribution in [1.29, 1.82) is 0 Å². The predicted octanol–water partition coefficient (Wildman–Crippen LogP) is 3.05. The van der Waals surface area contributed by atoms with Crippen LogP contribution in [0.4, 0.5) is 0 Å². The molecule has 0 aromatic heterocycles. The number of hydrogen-bond acceptors (Lipinski definition) is 2. The average molecular weight is 276 g/mol. The van der Waals surface area contributed by atoms with Gasteiger partial charge in [0, 0.05) is 6.54 Å².